The standard InChI is InChI=1S/C15H14N2S/c1-2-6-14-11(4-1)8-15(18-14)12-5-3-7-17-10-16-9-13(12)17/h1-2,4,6,8-10,12H,3,5,7H2. The molecular formula is C15H14N2S. The summed E-state index contributed by atoms with van der Waals surface area (Å²) in [6.07, 6.45) is 6.50. The second kappa shape index (κ2) is 3.95. The van der Waals surface area contributed by atoms with Crippen LogP contribution in [0.4, 0.5) is 0 Å². The van der Waals surface area contributed by atoms with Crippen LogP contribution in [0.15, 0.2) is 42.9 Å². The normalized spacial score (nSPS) is 19.0. The Kier molecular flexibility index (Phi) is 2.27. The van der Waals surface area contributed by atoms with Crippen molar-refractivity contribution in [2.75, 3.05) is 0 Å². The third kappa shape index (κ3) is 1.51. The Bertz CT molecular complexity index is 662. The van der Waals surface area contributed by atoms with Gasteiger partial charge in [0.1, 0.15) is 0 Å². The average molecular weight is 254 g/mol. The van der Waals surface area contributed by atoms with Crippen LogP contribution in [0.2, 0.25) is 0 Å². The summed E-state index contributed by atoms with van der Waals surface area (Å²) in [6.45, 7) is 1.12. The van der Waals surface area contributed by atoms with Gasteiger partial charge in [0.15, 0.2) is 0 Å². The van der Waals surface area contributed by atoms with Crippen LogP contribution < -0.4 is 0 Å². The van der Waals surface area contributed by atoms with Crippen molar-refractivity contribution in [3.8, 4) is 0 Å². The summed E-state index contributed by atoms with van der Waals surface area (Å²) in [5, 5.41) is 1.37. The molecule has 0 saturated carbocycles. The van der Waals surface area contributed by atoms with Crippen molar-refractivity contribution in [1.82, 2.24) is 9.55 Å². The molecule has 0 N–H and O–H groups in total. The summed E-state index contributed by atoms with van der Waals surface area (Å²) in [6, 6.07) is 11.0. The maximum Gasteiger partial charge on any atom is 0.0948 e. The van der Waals surface area contributed by atoms with E-state index >= 15 is 0 Å². The van der Waals surface area contributed by atoms with E-state index in [2.05, 4.69) is 39.9 Å². The molecule has 2 nitrogen and oxygen atoms in total. The van der Waals surface area contributed by atoms with Crippen molar-refractivity contribution >= 4 is 21.4 Å². The van der Waals surface area contributed by atoms with E-state index in [1.807, 2.05) is 23.9 Å². The molecule has 18 heavy (non-hydrogen) atoms. The molecule has 1 aromatic carbocycles. The monoisotopic (exact) mass is 254 g/mol. The van der Waals surface area contributed by atoms with Crippen molar-refractivity contribution in [3.63, 3.8) is 0 Å². The third-order valence-corrected chi connectivity index (χ3v) is 5.01. The van der Waals surface area contributed by atoms with E-state index in [4.69, 9.17) is 0 Å². The molecule has 1 unspecified atom stereocenters. The number of nitrogens with zero attached hydrogens (tertiary/aromatic N) is 2. The number of aromatic nitrogens is 2. The molecule has 0 spiro atoms. The highest BCUT2D eigenvalue weighted by Crippen LogP contribution is 2.39. The SMILES string of the molecule is c1ccc2sc(C3CCCn4cncc43)cc2c1. The lowest BCUT2D eigenvalue weighted by molar-refractivity contribution is 0.495. The largest absolute Gasteiger partial charge is 0.334 e. The zero-order chi connectivity index (χ0) is 11.9. The molecule has 1 aliphatic heterocycles. The highest BCUT2D eigenvalue weighted by molar-refractivity contribution is 7.19. The molecule has 3 aromatic rings. The van der Waals surface area contributed by atoms with Gasteiger partial charge in [-0.3, -0.25) is 0 Å². The number of aryl methyl sites for hydroxylation is 1. The third-order valence-electron chi connectivity index (χ3n) is 3.78. The van der Waals surface area contributed by atoms with Crippen molar-refractivity contribution in [1.29, 1.82) is 0 Å². The van der Waals surface area contributed by atoms with E-state index in [1.54, 1.807) is 0 Å². The van der Waals surface area contributed by atoms with Crippen LogP contribution in [0.3, 0.4) is 0 Å². The lowest BCUT2D eigenvalue weighted by atomic mass is 9.94. The number of imidazole rings is 1. The maximum atomic E-state index is 4.30. The van der Waals surface area contributed by atoms with Gasteiger partial charge in [0.2, 0.25) is 0 Å². The fourth-order valence-corrected chi connectivity index (χ4v) is 4.10. The van der Waals surface area contributed by atoms with Crippen molar-refractivity contribution in [2.45, 2.75) is 25.3 Å². The van der Waals surface area contributed by atoms with E-state index in [9.17, 15) is 0 Å². The Morgan fingerprint density at radius 3 is 3.17 bits per heavy atom. The first-order valence-electron chi connectivity index (χ1n) is 6.40. The van der Waals surface area contributed by atoms with E-state index in [0.29, 0.717) is 5.92 Å². The summed E-state index contributed by atoms with van der Waals surface area (Å²) >= 11 is 1.93. The fourth-order valence-electron chi connectivity index (χ4n) is 2.88. The number of hydrogen-bond donors (Lipinski definition) is 0. The molecule has 0 saturated heterocycles. The first-order chi connectivity index (χ1) is 8.92. The predicted molar refractivity (Wildman–Crippen MR) is 75.1 cm³/mol. The first kappa shape index (κ1) is 10.3. The van der Waals surface area contributed by atoms with E-state index in [0.717, 1.165) is 6.54 Å². The molecular weight excluding hydrogens is 240 g/mol. The van der Waals surface area contributed by atoms with E-state index < -0.39 is 0 Å². The molecule has 3 heteroatoms. The van der Waals surface area contributed by atoms with Crippen molar-refractivity contribution < 1.29 is 0 Å². The van der Waals surface area contributed by atoms with Gasteiger partial charge in [-0.25, -0.2) is 4.98 Å². The number of rotatable bonds is 1. The Balaban J connectivity index is 1.84. The van der Waals surface area contributed by atoms with E-state index in [1.165, 1.54) is 33.5 Å². The van der Waals surface area contributed by atoms with Gasteiger partial charge in [-0.15, -0.1) is 11.3 Å². The van der Waals surface area contributed by atoms with Crippen LogP contribution in [0.5, 0.6) is 0 Å². The second-order valence-corrected chi connectivity index (χ2v) is 6.01. The maximum absolute atomic E-state index is 4.30. The smallest absolute Gasteiger partial charge is 0.0948 e. The molecule has 3 heterocycles. The summed E-state index contributed by atoms with van der Waals surface area (Å²) in [5.74, 6) is 0.540. The Labute approximate surface area is 110 Å². The molecule has 0 amide bonds. The zero-order valence-electron chi connectivity index (χ0n) is 10.0. The Hall–Kier alpha value is -1.61. The fraction of sp³-hybridized carbons (Fsp3) is 0.267. The zero-order valence-corrected chi connectivity index (χ0v) is 10.9. The minimum absolute atomic E-state index is 0.540. The minimum Gasteiger partial charge on any atom is -0.334 e. The van der Waals surface area contributed by atoms with Crippen molar-refractivity contribution in [2.24, 2.45) is 0 Å². The highest BCUT2D eigenvalue weighted by Gasteiger charge is 2.23. The summed E-state index contributed by atoms with van der Waals surface area (Å²) in [4.78, 5) is 5.78. The quantitative estimate of drug-likeness (QED) is 0.641. The molecule has 4 rings (SSSR count). The second-order valence-electron chi connectivity index (χ2n) is 4.89. The summed E-state index contributed by atoms with van der Waals surface area (Å²) < 4.78 is 3.70. The van der Waals surface area contributed by atoms with Crippen LogP contribution in [-0.2, 0) is 6.54 Å². The molecule has 1 aliphatic rings. The summed E-state index contributed by atoms with van der Waals surface area (Å²) in [7, 11) is 0. The number of hydrogen-bond acceptors (Lipinski definition) is 2. The van der Waals surface area contributed by atoms with Crippen molar-refractivity contribution in [3.05, 3.63) is 53.4 Å². The van der Waals surface area contributed by atoms with Gasteiger partial charge in [-0.1, -0.05) is 18.2 Å². The van der Waals surface area contributed by atoms with Gasteiger partial charge in [-0.2, -0.15) is 0 Å². The number of benzene rings is 1. The highest BCUT2D eigenvalue weighted by atomic mass is 32.1. The predicted octanol–water partition coefficient (Wildman–Crippen LogP) is 4.02. The van der Waals surface area contributed by atoms with E-state index in [-0.39, 0.29) is 0 Å². The van der Waals surface area contributed by atoms with Gasteiger partial charge in [-0.05, 0) is 30.4 Å². The lowest BCUT2D eigenvalue weighted by Crippen LogP contribution is -2.14. The van der Waals surface area contributed by atoms with Crippen LogP contribution in [0.1, 0.15) is 29.3 Å². The Morgan fingerprint density at radius 2 is 2.22 bits per heavy atom. The molecule has 0 bridgehead atoms. The topological polar surface area (TPSA) is 17.8 Å². The van der Waals surface area contributed by atoms with Gasteiger partial charge >= 0.3 is 0 Å². The van der Waals surface area contributed by atoms with Gasteiger partial charge < -0.3 is 4.57 Å². The van der Waals surface area contributed by atoms with Crippen LogP contribution in [-0.4, -0.2) is 9.55 Å². The molecule has 0 fully saturated rings. The number of fused-ring (bicyclic) bond motifs is 2. The molecule has 0 aliphatic carbocycles. The minimum atomic E-state index is 0.540. The Morgan fingerprint density at radius 1 is 1.28 bits per heavy atom. The van der Waals surface area contributed by atoms with Gasteiger partial charge in [0.05, 0.1) is 6.33 Å². The summed E-state index contributed by atoms with van der Waals surface area (Å²) in [5.41, 5.74) is 1.38. The molecule has 90 valence electrons. The molecule has 0 radical (unpaired) electrons. The molecule has 2 aromatic heterocycles. The number of thiophene rings is 1. The van der Waals surface area contributed by atoms with Crippen LogP contribution in [0.25, 0.3) is 10.1 Å². The van der Waals surface area contributed by atoms with Crippen LogP contribution in [0, 0.1) is 0 Å². The first-order valence-corrected chi connectivity index (χ1v) is 7.22. The van der Waals surface area contributed by atoms with Gasteiger partial charge in [0, 0.05) is 33.9 Å². The van der Waals surface area contributed by atoms with Crippen LogP contribution >= 0.6 is 11.3 Å². The van der Waals surface area contributed by atoms with Gasteiger partial charge in [0.25, 0.3) is 0 Å². The average Bonchev–Trinajstić information content (AvgIpc) is 3.04. The lowest BCUT2D eigenvalue weighted by Gasteiger charge is -2.22. The molecule has 1 atom stereocenters.